The van der Waals surface area contributed by atoms with Crippen LogP contribution in [0.5, 0.6) is 0 Å². The number of benzene rings is 1. The first-order chi connectivity index (χ1) is 11.3. The average molecular weight is 327 g/mol. The van der Waals surface area contributed by atoms with E-state index in [1.165, 1.54) is 11.3 Å². The van der Waals surface area contributed by atoms with Crippen molar-refractivity contribution < 1.29 is 4.79 Å². The molecule has 0 spiro atoms. The number of thioether (sulfide) groups is 1. The predicted molar refractivity (Wildman–Crippen MR) is 96.0 cm³/mol. The maximum atomic E-state index is 12.6. The van der Waals surface area contributed by atoms with Crippen molar-refractivity contribution in [2.75, 3.05) is 37.3 Å². The van der Waals surface area contributed by atoms with Gasteiger partial charge in [0.1, 0.15) is 0 Å². The number of hydrogen-bond donors (Lipinski definition) is 0. The van der Waals surface area contributed by atoms with Crippen LogP contribution in [0.4, 0.5) is 5.69 Å². The molecule has 1 aliphatic heterocycles. The van der Waals surface area contributed by atoms with E-state index in [-0.39, 0.29) is 5.91 Å². The molecule has 5 heteroatoms. The van der Waals surface area contributed by atoms with E-state index in [9.17, 15) is 4.79 Å². The van der Waals surface area contributed by atoms with E-state index in [2.05, 4.69) is 28.3 Å². The monoisotopic (exact) mass is 327 g/mol. The van der Waals surface area contributed by atoms with Crippen molar-refractivity contribution in [2.45, 2.75) is 5.75 Å². The maximum Gasteiger partial charge on any atom is 0.253 e. The zero-order valence-electron chi connectivity index (χ0n) is 13.3. The Balaban J connectivity index is 1.59. The number of pyridine rings is 1. The van der Waals surface area contributed by atoms with Crippen LogP contribution >= 0.6 is 11.8 Å². The molecular weight excluding hydrogens is 306 g/mol. The van der Waals surface area contributed by atoms with Crippen molar-refractivity contribution in [3.05, 3.63) is 59.9 Å². The Kier molecular flexibility index (Phi) is 5.18. The minimum atomic E-state index is 0.134. The molecule has 1 aromatic heterocycles. The van der Waals surface area contributed by atoms with E-state index in [0.717, 1.165) is 37.5 Å². The summed E-state index contributed by atoms with van der Waals surface area (Å²) in [5.74, 6) is 1.12. The summed E-state index contributed by atoms with van der Waals surface area (Å²) in [6.45, 7) is 3.24. The van der Waals surface area contributed by atoms with Crippen LogP contribution in [-0.2, 0) is 5.75 Å². The number of carbonyl (C=O) groups is 1. The zero-order valence-corrected chi connectivity index (χ0v) is 14.1. The summed E-state index contributed by atoms with van der Waals surface area (Å²) in [6, 6.07) is 12.0. The Labute approximate surface area is 141 Å². The van der Waals surface area contributed by atoms with Gasteiger partial charge in [-0.05, 0) is 36.1 Å². The quantitative estimate of drug-likeness (QED) is 0.865. The van der Waals surface area contributed by atoms with Crippen LogP contribution in [0.15, 0.2) is 48.8 Å². The van der Waals surface area contributed by atoms with E-state index in [1.807, 2.05) is 41.6 Å². The van der Waals surface area contributed by atoms with Gasteiger partial charge in [0, 0.05) is 55.6 Å². The Morgan fingerprint density at radius 2 is 1.70 bits per heavy atom. The maximum absolute atomic E-state index is 12.6. The fourth-order valence-electron chi connectivity index (χ4n) is 2.82. The Hall–Kier alpha value is -2.01. The summed E-state index contributed by atoms with van der Waals surface area (Å²) >= 11 is 1.79. The van der Waals surface area contributed by atoms with Gasteiger partial charge in [0.05, 0.1) is 0 Å². The van der Waals surface area contributed by atoms with Crippen LogP contribution < -0.4 is 4.90 Å². The van der Waals surface area contributed by atoms with E-state index >= 15 is 0 Å². The summed E-state index contributed by atoms with van der Waals surface area (Å²) < 4.78 is 0. The topological polar surface area (TPSA) is 36.4 Å². The molecule has 3 rings (SSSR count). The van der Waals surface area contributed by atoms with Gasteiger partial charge in [-0.3, -0.25) is 9.78 Å². The van der Waals surface area contributed by atoms with Gasteiger partial charge in [0.2, 0.25) is 0 Å². The highest BCUT2D eigenvalue weighted by Gasteiger charge is 2.22. The third-order valence-electron chi connectivity index (χ3n) is 4.11. The Morgan fingerprint density at radius 3 is 2.30 bits per heavy atom. The van der Waals surface area contributed by atoms with E-state index < -0.39 is 0 Å². The first-order valence-electron chi connectivity index (χ1n) is 7.80. The number of hydrogen-bond acceptors (Lipinski definition) is 4. The summed E-state index contributed by atoms with van der Waals surface area (Å²) in [5.41, 5.74) is 3.22. The highest BCUT2D eigenvalue weighted by molar-refractivity contribution is 7.97. The first kappa shape index (κ1) is 15.9. The molecule has 23 heavy (non-hydrogen) atoms. The molecule has 120 valence electrons. The summed E-state index contributed by atoms with van der Waals surface area (Å²) in [6.07, 6.45) is 5.70. The normalized spacial score (nSPS) is 14.8. The lowest BCUT2D eigenvalue weighted by atomic mass is 10.1. The van der Waals surface area contributed by atoms with Crippen molar-refractivity contribution in [1.29, 1.82) is 0 Å². The largest absolute Gasteiger partial charge is 0.368 e. The summed E-state index contributed by atoms with van der Waals surface area (Å²) in [4.78, 5) is 20.9. The average Bonchev–Trinajstić information content (AvgIpc) is 2.63. The second-order valence-corrected chi connectivity index (χ2v) is 6.48. The standard InChI is InChI=1S/C18H21N3OS/c1-23-14-15-2-4-16(5-3-15)18(22)21-12-10-20(11-13-21)17-6-8-19-9-7-17/h2-9H,10-14H2,1H3. The van der Waals surface area contributed by atoms with Crippen LogP contribution in [0.25, 0.3) is 0 Å². The molecule has 1 saturated heterocycles. The molecule has 0 aliphatic carbocycles. The SMILES string of the molecule is CSCc1ccc(C(=O)N2CCN(c3ccncc3)CC2)cc1. The molecule has 0 radical (unpaired) electrons. The van der Waals surface area contributed by atoms with Crippen molar-refractivity contribution >= 4 is 23.4 Å². The van der Waals surface area contributed by atoms with Crippen LogP contribution in [0.1, 0.15) is 15.9 Å². The third-order valence-corrected chi connectivity index (χ3v) is 4.73. The van der Waals surface area contributed by atoms with Gasteiger partial charge in [-0.25, -0.2) is 0 Å². The molecule has 1 aliphatic rings. The van der Waals surface area contributed by atoms with Crippen LogP contribution in [0.3, 0.4) is 0 Å². The lowest BCUT2D eigenvalue weighted by Gasteiger charge is -2.36. The summed E-state index contributed by atoms with van der Waals surface area (Å²) in [5, 5.41) is 0. The molecule has 2 heterocycles. The van der Waals surface area contributed by atoms with Gasteiger partial charge >= 0.3 is 0 Å². The molecule has 0 bridgehead atoms. The van der Waals surface area contributed by atoms with Crippen LogP contribution in [0.2, 0.25) is 0 Å². The minimum Gasteiger partial charge on any atom is -0.368 e. The molecule has 0 saturated carbocycles. The first-order valence-corrected chi connectivity index (χ1v) is 9.19. The smallest absolute Gasteiger partial charge is 0.253 e. The van der Waals surface area contributed by atoms with Gasteiger partial charge in [0.15, 0.2) is 0 Å². The minimum absolute atomic E-state index is 0.134. The molecule has 0 N–H and O–H groups in total. The second-order valence-electron chi connectivity index (χ2n) is 5.61. The zero-order chi connectivity index (χ0) is 16.1. The fourth-order valence-corrected chi connectivity index (χ4v) is 3.34. The summed E-state index contributed by atoms with van der Waals surface area (Å²) in [7, 11) is 0. The molecule has 4 nitrogen and oxygen atoms in total. The lowest BCUT2D eigenvalue weighted by molar-refractivity contribution is 0.0747. The predicted octanol–water partition coefficient (Wildman–Crippen LogP) is 2.91. The number of rotatable bonds is 4. The Morgan fingerprint density at radius 1 is 1.04 bits per heavy atom. The van der Waals surface area contributed by atoms with E-state index in [0.29, 0.717) is 0 Å². The van der Waals surface area contributed by atoms with E-state index in [1.54, 1.807) is 11.8 Å². The van der Waals surface area contributed by atoms with Crippen molar-refractivity contribution in [1.82, 2.24) is 9.88 Å². The molecule has 1 fully saturated rings. The number of aromatic nitrogens is 1. The Bertz CT molecular complexity index is 637. The number of nitrogens with zero attached hydrogens (tertiary/aromatic N) is 3. The van der Waals surface area contributed by atoms with Gasteiger partial charge in [-0.1, -0.05) is 12.1 Å². The highest BCUT2D eigenvalue weighted by Crippen LogP contribution is 2.17. The van der Waals surface area contributed by atoms with Gasteiger partial charge < -0.3 is 9.80 Å². The molecule has 1 aromatic carbocycles. The van der Waals surface area contributed by atoms with Crippen molar-refractivity contribution in [2.24, 2.45) is 0 Å². The molecule has 2 aromatic rings. The number of anilines is 1. The van der Waals surface area contributed by atoms with Gasteiger partial charge in [-0.15, -0.1) is 0 Å². The van der Waals surface area contributed by atoms with Crippen molar-refractivity contribution in [3.8, 4) is 0 Å². The third kappa shape index (κ3) is 3.85. The number of piperazine rings is 1. The molecule has 0 unspecified atom stereocenters. The molecular formula is C18H21N3OS. The number of amides is 1. The van der Waals surface area contributed by atoms with Crippen LogP contribution in [0, 0.1) is 0 Å². The highest BCUT2D eigenvalue weighted by atomic mass is 32.2. The fraction of sp³-hybridized carbons (Fsp3) is 0.333. The van der Waals surface area contributed by atoms with Crippen LogP contribution in [-0.4, -0.2) is 48.2 Å². The second kappa shape index (κ2) is 7.51. The lowest BCUT2D eigenvalue weighted by Crippen LogP contribution is -2.48. The van der Waals surface area contributed by atoms with Gasteiger partial charge in [-0.2, -0.15) is 11.8 Å². The molecule has 0 atom stereocenters. The van der Waals surface area contributed by atoms with Gasteiger partial charge in [0.25, 0.3) is 5.91 Å². The van der Waals surface area contributed by atoms with Crippen molar-refractivity contribution in [3.63, 3.8) is 0 Å². The number of carbonyl (C=O) groups excluding carboxylic acids is 1. The molecule has 1 amide bonds. The van der Waals surface area contributed by atoms with E-state index in [4.69, 9.17) is 0 Å².